The molecule has 1 amide bonds. The number of nitrogens with zero attached hydrogens (tertiary/aromatic N) is 1. The lowest BCUT2D eigenvalue weighted by molar-refractivity contribution is 0.0956. The van der Waals surface area contributed by atoms with Gasteiger partial charge in [-0.05, 0) is 25.1 Å². The van der Waals surface area contributed by atoms with Gasteiger partial charge in [0, 0.05) is 38.6 Å². The van der Waals surface area contributed by atoms with E-state index in [0.717, 1.165) is 0 Å². The Morgan fingerprint density at radius 3 is 2.57 bits per heavy atom. The summed E-state index contributed by atoms with van der Waals surface area (Å²) in [6, 6.07) is 4.86. The molecule has 118 valence electrons. The summed E-state index contributed by atoms with van der Waals surface area (Å²) in [5, 5.41) is 5.66. The molecule has 0 atom stereocenters. The molecule has 1 rings (SSSR count). The first-order valence-electron chi connectivity index (χ1n) is 6.59. The van der Waals surface area contributed by atoms with E-state index in [1.54, 1.807) is 18.2 Å². The average molecular weight is 314 g/mol. The van der Waals surface area contributed by atoms with E-state index in [2.05, 4.69) is 10.6 Å². The van der Waals surface area contributed by atoms with Gasteiger partial charge in [-0.2, -0.15) is 0 Å². The lowest BCUT2D eigenvalue weighted by Gasteiger charge is -2.14. The van der Waals surface area contributed by atoms with E-state index in [1.165, 1.54) is 18.4 Å². The fraction of sp³-hybridized carbons (Fsp3) is 0.462. The summed E-state index contributed by atoms with van der Waals surface area (Å²) in [7, 11) is -0.319. The predicted octanol–water partition coefficient (Wildman–Crippen LogP) is 0.322. The van der Waals surface area contributed by atoms with Gasteiger partial charge < -0.3 is 16.4 Å². The number of benzene rings is 1. The maximum Gasteiger partial charge on any atom is 0.253 e. The molecule has 0 unspecified atom stereocenters. The van der Waals surface area contributed by atoms with Crippen molar-refractivity contribution in [1.82, 2.24) is 9.62 Å². The minimum atomic E-state index is -3.28. The first-order chi connectivity index (χ1) is 9.77. The molecule has 8 heteroatoms. The second-order valence-electron chi connectivity index (χ2n) is 4.69. The molecule has 7 nitrogen and oxygen atoms in total. The molecule has 0 bridgehead atoms. The highest BCUT2D eigenvalue weighted by Gasteiger charge is 2.15. The first kappa shape index (κ1) is 17.3. The quantitative estimate of drug-likeness (QED) is 0.629. The van der Waals surface area contributed by atoms with Crippen molar-refractivity contribution in [3.05, 3.63) is 23.8 Å². The number of nitrogens with one attached hydrogen (secondary N) is 2. The lowest BCUT2D eigenvalue weighted by Crippen LogP contribution is -2.29. The Morgan fingerprint density at radius 2 is 2.00 bits per heavy atom. The van der Waals surface area contributed by atoms with Crippen molar-refractivity contribution in [2.45, 2.75) is 6.92 Å². The zero-order chi connectivity index (χ0) is 16.0. The Balaban J connectivity index is 2.83. The maximum absolute atomic E-state index is 11.9. The number of nitrogen functional groups attached to an aromatic ring is 1. The second-order valence-corrected chi connectivity index (χ2v) is 6.99. The van der Waals surface area contributed by atoms with Crippen molar-refractivity contribution in [2.24, 2.45) is 0 Å². The van der Waals surface area contributed by atoms with Gasteiger partial charge in [0.15, 0.2) is 0 Å². The van der Waals surface area contributed by atoms with E-state index in [0.29, 0.717) is 23.5 Å². The number of nitrogens with two attached hydrogens (primary N) is 1. The summed E-state index contributed by atoms with van der Waals surface area (Å²) in [6.45, 7) is 2.53. The Hall–Kier alpha value is -1.80. The fourth-order valence-corrected chi connectivity index (χ4v) is 2.38. The zero-order valence-electron chi connectivity index (χ0n) is 12.5. The fourth-order valence-electron chi connectivity index (χ4n) is 1.66. The maximum atomic E-state index is 11.9. The summed E-state index contributed by atoms with van der Waals surface area (Å²) < 4.78 is 24.5. The van der Waals surface area contributed by atoms with Gasteiger partial charge in [0.1, 0.15) is 0 Å². The van der Waals surface area contributed by atoms with Crippen LogP contribution in [0.2, 0.25) is 0 Å². The predicted molar refractivity (Wildman–Crippen MR) is 84.8 cm³/mol. The van der Waals surface area contributed by atoms with E-state index >= 15 is 0 Å². The molecule has 4 N–H and O–H groups in total. The van der Waals surface area contributed by atoms with Crippen molar-refractivity contribution >= 4 is 27.3 Å². The topological polar surface area (TPSA) is 105 Å². The van der Waals surface area contributed by atoms with Gasteiger partial charge in [0.2, 0.25) is 10.0 Å². The van der Waals surface area contributed by atoms with E-state index in [-0.39, 0.29) is 18.2 Å². The van der Waals surface area contributed by atoms with Crippen LogP contribution in [-0.4, -0.2) is 51.6 Å². The van der Waals surface area contributed by atoms with E-state index in [1.807, 2.05) is 6.92 Å². The van der Waals surface area contributed by atoms with Crippen LogP contribution in [0.5, 0.6) is 0 Å². The molecule has 0 aliphatic rings. The second kappa shape index (κ2) is 7.28. The zero-order valence-corrected chi connectivity index (χ0v) is 13.3. The van der Waals surface area contributed by atoms with Crippen molar-refractivity contribution < 1.29 is 13.2 Å². The first-order valence-corrected chi connectivity index (χ1v) is 8.20. The Morgan fingerprint density at radius 1 is 1.33 bits per heavy atom. The molecule has 0 spiro atoms. The molecule has 21 heavy (non-hydrogen) atoms. The van der Waals surface area contributed by atoms with Crippen LogP contribution in [0.1, 0.15) is 17.3 Å². The molecular weight excluding hydrogens is 292 g/mol. The smallest absolute Gasteiger partial charge is 0.253 e. The Bertz CT molecular complexity index is 599. The summed E-state index contributed by atoms with van der Waals surface area (Å²) in [5.74, 6) is -0.292. The van der Waals surface area contributed by atoms with Crippen LogP contribution in [0, 0.1) is 0 Å². The number of carbonyl (C=O) groups excluding carboxylic acids is 1. The van der Waals surface area contributed by atoms with Crippen LogP contribution in [0.25, 0.3) is 0 Å². The van der Waals surface area contributed by atoms with E-state index in [9.17, 15) is 13.2 Å². The van der Waals surface area contributed by atoms with Gasteiger partial charge in [-0.25, -0.2) is 12.7 Å². The standard InChI is InChI=1S/C13H22N4O3S/c1-4-15-13(18)11-6-5-10(14)9-12(11)16-7-8-21(19,20)17(2)3/h5-6,9,16H,4,7-8,14H2,1-3H3,(H,15,18). The third kappa shape index (κ3) is 4.91. The molecule has 0 aliphatic heterocycles. The van der Waals surface area contributed by atoms with E-state index in [4.69, 9.17) is 5.73 Å². The van der Waals surface area contributed by atoms with Crippen LogP contribution < -0.4 is 16.4 Å². The van der Waals surface area contributed by atoms with Crippen LogP contribution in [-0.2, 0) is 10.0 Å². The monoisotopic (exact) mass is 314 g/mol. The number of sulfonamides is 1. The minimum Gasteiger partial charge on any atom is -0.399 e. The highest BCUT2D eigenvalue weighted by molar-refractivity contribution is 7.89. The summed E-state index contributed by atoms with van der Waals surface area (Å²) >= 11 is 0. The number of hydrogen-bond donors (Lipinski definition) is 3. The molecule has 1 aromatic rings. The molecule has 0 aliphatic carbocycles. The molecule has 0 fully saturated rings. The molecule has 0 heterocycles. The van der Waals surface area contributed by atoms with Crippen LogP contribution in [0.15, 0.2) is 18.2 Å². The molecule has 0 saturated carbocycles. The lowest BCUT2D eigenvalue weighted by atomic mass is 10.1. The summed E-state index contributed by atoms with van der Waals surface area (Å²) in [6.07, 6.45) is 0. The number of anilines is 2. The van der Waals surface area contributed by atoms with Gasteiger partial charge in [0.05, 0.1) is 11.3 Å². The number of carbonyl (C=O) groups is 1. The van der Waals surface area contributed by atoms with E-state index < -0.39 is 10.0 Å². The molecule has 1 aromatic carbocycles. The molecule has 0 saturated heterocycles. The Labute approximate surface area is 125 Å². The van der Waals surface area contributed by atoms with Gasteiger partial charge in [0.25, 0.3) is 5.91 Å². The molecular formula is C13H22N4O3S. The minimum absolute atomic E-state index is 0.0658. The highest BCUT2D eigenvalue weighted by Crippen LogP contribution is 2.19. The van der Waals surface area contributed by atoms with Crippen molar-refractivity contribution in [1.29, 1.82) is 0 Å². The van der Waals surface area contributed by atoms with Gasteiger partial charge in [-0.3, -0.25) is 4.79 Å². The summed E-state index contributed by atoms with van der Waals surface area (Å²) in [4.78, 5) is 11.9. The van der Waals surface area contributed by atoms with Crippen molar-refractivity contribution in [3.63, 3.8) is 0 Å². The normalized spacial score (nSPS) is 11.4. The third-order valence-corrected chi connectivity index (χ3v) is 4.69. The molecule has 0 aromatic heterocycles. The number of amides is 1. The number of hydrogen-bond acceptors (Lipinski definition) is 5. The average Bonchev–Trinajstić information content (AvgIpc) is 2.38. The van der Waals surface area contributed by atoms with Gasteiger partial charge >= 0.3 is 0 Å². The number of rotatable bonds is 7. The van der Waals surface area contributed by atoms with Gasteiger partial charge in [-0.15, -0.1) is 0 Å². The van der Waals surface area contributed by atoms with Crippen molar-refractivity contribution in [2.75, 3.05) is 44.0 Å². The summed E-state index contributed by atoms with van der Waals surface area (Å²) in [5.41, 5.74) is 7.17. The van der Waals surface area contributed by atoms with Gasteiger partial charge in [-0.1, -0.05) is 0 Å². The highest BCUT2D eigenvalue weighted by atomic mass is 32.2. The van der Waals surface area contributed by atoms with Crippen molar-refractivity contribution in [3.8, 4) is 0 Å². The largest absolute Gasteiger partial charge is 0.399 e. The molecule has 0 radical (unpaired) electrons. The SMILES string of the molecule is CCNC(=O)c1ccc(N)cc1NCCS(=O)(=O)N(C)C. The van der Waals surface area contributed by atoms with Crippen LogP contribution in [0.4, 0.5) is 11.4 Å². The third-order valence-electron chi connectivity index (χ3n) is 2.86. The Kier molecular flexibility index (Phi) is 5.98. The van der Waals surface area contributed by atoms with Crippen LogP contribution in [0.3, 0.4) is 0 Å². The van der Waals surface area contributed by atoms with Crippen LogP contribution >= 0.6 is 0 Å².